The molecule has 0 aromatic heterocycles. The van der Waals surface area contributed by atoms with Gasteiger partial charge in [0.15, 0.2) is 0 Å². The molecular weight excluding hydrogens is 337 g/mol. The van der Waals surface area contributed by atoms with E-state index in [1.54, 1.807) is 11.8 Å². The fraction of sp³-hybridized carbons (Fsp3) is 0.588. The fourth-order valence-electron chi connectivity index (χ4n) is 2.67. The standard InChI is InChI=1S/C17H23F3N2OS/c1-2-24-12-7-16(23)22-10-8-21(9-11-22)13-14-3-5-15(6-4-14)17(18,19)20/h3-6H,2,7-13H2,1H3. The van der Waals surface area contributed by atoms with Crippen LogP contribution < -0.4 is 0 Å². The molecule has 1 fully saturated rings. The molecule has 24 heavy (non-hydrogen) atoms. The second kappa shape index (κ2) is 8.76. The topological polar surface area (TPSA) is 23.6 Å². The Kier molecular flexibility index (Phi) is 6.98. The van der Waals surface area contributed by atoms with Crippen LogP contribution in [-0.4, -0.2) is 53.4 Å². The van der Waals surface area contributed by atoms with Crippen molar-refractivity contribution in [2.45, 2.75) is 26.1 Å². The third-order valence-electron chi connectivity index (χ3n) is 4.08. The van der Waals surface area contributed by atoms with E-state index >= 15 is 0 Å². The van der Waals surface area contributed by atoms with Crippen molar-refractivity contribution in [2.24, 2.45) is 0 Å². The smallest absolute Gasteiger partial charge is 0.340 e. The number of amides is 1. The molecule has 0 saturated carbocycles. The predicted molar refractivity (Wildman–Crippen MR) is 90.9 cm³/mol. The summed E-state index contributed by atoms with van der Waals surface area (Å²) in [7, 11) is 0. The van der Waals surface area contributed by atoms with Crippen molar-refractivity contribution in [3.63, 3.8) is 0 Å². The van der Waals surface area contributed by atoms with Crippen LogP contribution in [0.4, 0.5) is 13.2 Å². The second-order valence-electron chi connectivity index (χ2n) is 5.80. The molecule has 1 saturated heterocycles. The molecule has 134 valence electrons. The molecule has 0 atom stereocenters. The van der Waals surface area contributed by atoms with E-state index in [2.05, 4.69) is 11.8 Å². The number of hydrogen-bond donors (Lipinski definition) is 0. The van der Waals surface area contributed by atoms with Gasteiger partial charge in [-0.15, -0.1) is 0 Å². The summed E-state index contributed by atoms with van der Waals surface area (Å²) in [5.41, 5.74) is 0.244. The summed E-state index contributed by atoms with van der Waals surface area (Å²) in [5, 5.41) is 0. The van der Waals surface area contributed by atoms with E-state index in [4.69, 9.17) is 0 Å². The average molecular weight is 360 g/mol. The number of carbonyl (C=O) groups is 1. The highest BCUT2D eigenvalue weighted by Gasteiger charge is 2.30. The Morgan fingerprint density at radius 2 is 1.75 bits per heavy atom. The zero-order valence-corrected chi connectivity index (χ0v) is 14.6. The summed E-state index contributed by atoms with van der Waals surface area (Å²) in [6, 6.07) is 5.31. The van der Waals surface area contributed by atoms with Gasteiger partial charge in [-0.05, 0) is 23.4 Å². The number of hydrogen-bond acceptors (Lipinski definition) is 3. The summed E-state index contributed by atoms with van der Waals surface area (Å²) >= 11 is 1.77. The lowest BCUT2D eigenvalue weighted by atomic mass is 10.1. The van der Waals surface area contributed by atoms with Crippen LogP contribution in [0.5, 0.6) is 0 Å². The molecule has 7 heteroatoms. The third-order valence-corrected chi connectivity index (χ3v) is 4.98. The minimum Gasteiger partial charge on any atom is -0.340 e. The van der Waals surface area contributed by atoms with Crippen LogP contribution >= 0.6 is 11.8 Å². The molecule has 0 spiro atoms. The van der Waals surface area contributed by atoms with Gasteiger partial charge >= 0.3 is 6.18 Å². The largest absolute Gasteiger partial charge is 0.416 e. The normalized spacial score (nSPS) is 16.4. The first-order chi connectivity index (χ1) is 11.4. The maximum absolute atomic E-state index is 12.6. The number of rotatable bonds is 6. The van der Waals surface area contributed by atoms with Gasteiger partial charge in [-0.3, -0.25) is 9.69 Å². The molecule has 2 rings (SSSR count). The van der Waals surface area contributed by atoms with Gasteiger partial charge in [-0.25, -0.2) is 0 Å². The lowest BCUT2D eigenvalue weighted by Gasteiger charge is -2.34. The molecule has 1 aliphatic rings. The Labute approximate surface area is 145 Å². The van der Waals surface area contributed by atoms with Gasteiger partial charge in [0.25, 0.3) is 0 Å². The molecular formula is C17H23F3N2OS. The number of halogens is 3. The first-order valence-corrected chi connectivity index (χ1v) is 9.29. The van der Waals surface area contributed by atoms with Gasteiger partial charge in [0, 0.05) is 44.9 Å². The van der Waals surface area contributed by atoms with E-state index in [9.17, 15) is 18.0 Å². The monoisotopic (exact) mass is 360 g/mol. The average Bonchev–Trinajstić information content (AvgIpc) is 2.55. The van der Waals surface area contributed by atoms with E-state index < -0.39 is 11.7 Å². The highest BCUT2D eigenvalue weighted by atomic mass is 32.2. The van der Waals surface area contributed by atoms with Crippen molar-refractivity contribution < 1.29 is 18.0 Å². The highest BCUT2D eigenvalue weighted by Crippen LogP contribution is 2.29. The Balaban J connectivity index is 1.77. The lowest BCUT2D eigenvalue weighted by molar-refractivity contribution is -0.137. The van der Waals surface area contributed by atoms with Gasteiger partial charge < -0.3 is 4.90 Å². The minimum atomic E-state index is -4.29. The Hall–Kier alpha value is -1.21. The molecule has 1 aromatic rings. The van der Waals surface area contributed by atoms with Crippen molar-refractivity contribution in [3.05, 3.63) is 35.4 Å². The van der Waals surface area contributed by atoms with E-state index in [-0.39, 0.29) is 5.91 Å². The number of carbonyl (C=O) groups excluding carboxylic acids is 1. The molecule has 1 heterocycles. The maximum atomic E-state index is 12.6. The number of thioether (sulfide) groups is 1. The molecule has 1 aromatic carbocycles. The molecule has 0 aliphatic carbocycles. The first-order valence-electron chi connectivity index (χ1n) is 8.14. The molecule has 0 N–H and O–H groups in total. The van der Waals surface area contributed by atoms with E-state index in [1.165, 1.54) is 12.1 Å². The molecule has 0 bridgehead atoms. The van der Waals surface area contributed by atoms with E-state index in [0.29, 0.717) is 26.1 Å². The predicted octanol–water partition coefficient (Wildman–Crippen LogP) is 3.49. The van der Waals surface area contributed by atoms with Crippen molar-refractivity contribution in [3.8, 4) is 0 Å². The van der Waals surface area contributed by atoms with Gasteiger partial charge in [0.2, 0.25) is 5.91 Å². The van der Waals surface area contributed by atoms with Crippen LogP contribution in [0.15, 0.2) is 24.3 Å². The first kappa shape index (κ1) is 19.1. The lowest BCUT2D eigenvalue weighted by Crippen LogP contribution is -2.48. The molecule has 0 radical (unpaired) electrons. The Bertz CT molecular complexity index is 526. The maximum Gasteiger partial charge on any atom is 0.416 e. The van der Waals surface area contributed by atoms with Gasteiger partial charge in [-0.2, -0.15) is 24.9 Å². The van der Waals surface area contributed by atoms with Gasteiger partial charge in [-0.1, -0.05) is 19.1 Å². The summed E-state index contributed by atoms with van der Waals surface area (Å²) in [5.74, 6) is 2.08. The van der Waals surface area contributed by atoms with Crippen LogP contribution in [0.3, 0.4) is 0 Å². The Morgan fingerprint density at radius 1 is 1.12 bits per heavy atom. The molecule has 0 unspecified atom stereocenters. The molecule has 1 aliphatic heterocycles. The van der Waals surface area contributed by atoms with Crippen molar-refractivity contribution in [2.75, 3.05) is 37.7 Å². The molecule has 1 amide bonds. The quantitative estimate of drug-likeness (QED) is 0.726. The van der Waals surface area contributed by atoms with Gasteiger partial charge in [0.1, 0.15) is 0 Å². The zero-order valence-electron chi connectivity index (χ0n) is 13.8. The minimum absolute atomic E-state index is 0.199. The Morgan fingerprint density at radius 3 is 2.29 bits per heavy atom. The summed E-state index contributed by atoms with van der Waals surface area (Å²) in [6.07, 6.45) is -3.71. The molecule has 3 nitrogen and oxygen atoms in total. The number of benzene rings is 1. The summed E-state index contributed by atoms with van der Waals surface area (Å²) in [4.78, 5) is 16.1. The summed E-state index contributed by atoms with van der Waals surface area (Å²) in [6.45, 7) is 5.59. The summed E-state index contributed by atoms with van der Waals surface area (Å²) < 4.78 is 37.7. The number of piperazine rings is 1. The number of alkyl halides is 3. The van der Waals surface area contributed by atoms with E-state index in [1.807, 2.05) is 4.90 Å². The second-order valence-corrected chi connectivity index (χ2v) is 7.19. The highest BCUT2D eigenvalue weighted by molar-refractivity contribution is 7.99. The van der Waals surface area contributed by atoms with Crippen LogP contribution in [0, 0.1) is 0 Å². The number of nitrogens with zero attached hydrogens (tertiary/aromatic N) is 2. The van der Waals surface area contributed by atoms with Gasteiger partial charge in [0.05, 0.1) is 5.56 Å². The van der Waals surface area contributed by atoms with Crippen molar-refractivity contribution >= 4 is 17.7 Å². The van der Waals surface area contributed by atoms with Crippen molar-refractivity contribution in [1.82, 2.24) is 9.80 Å². The fourth-order valence-corrected chi connectivity index (χ4v) is 3.28. The van der Waals surface area contributed by atoms with Crippen molar-refractivity contribution in [1.29, 1.82) is 0 Å². The third kappa shape index (κ3) is 5.70. The van der Waals surface area contributed by atoms with Crippen LogP contribution in [0.25, 0.3) is 0 Å². The van der Waals surface area contributed by atoms with Crippen LogP contribution in [0.2, 0.25) is 0 Å². The van der Waals surface area contributed by atoms with Crippen LogP contribution in [-0.2, 0) is 17.5 Å². The van der Waals surface area contributed by atoms with E-state index in [0.717, 1.165) is 42.3 Å². The SMILES string of the molecule is CCSCCC(=O)N1CCN(Cc2ccc(C(F)(F)F)cc2)CC1. The zero-order chi connectivity index (χ0) is 17.6. The van der Waals surface area contributed by atoms with Crippen LogP contribution in [0.1, 0.15) is 24.5 Å².